The Bertz CT molecular complexity index is 164. The molecule has 0 radical (unpaired) electrons. The van der Waals surface area contributed by atoms with Crippen molar-refractivity contribution in [2.75, 3.05) is 18.1 Å². The molecule has 1 aliphatic carbocycles. The normalized spacial score (nSPS) is 19.2. The van der Waals surface area contributed by atoms with Crippen molar-refractivity contribution < 1.29 is 0 Å². The summed E-state index contributed by atoms with van der Waals surface area (Å²) in [6, 6.07) is 0.646. The molecule has 1 nitrogen and oxygen atoms in total. The van der Waals surface area contributed by atoms with Crippen LogP contribution in [0.1, 0.15) is 52.9 Å². The highest BCUT2D eigenvalue weighted by atomic mass is 32.2. The van der Waals surface area contributed by atoms with Crippen molar-refractivity contribution >= 4 is 11.8 Å². The lowest BCUT2D eigenvalue weighted by Gasteiger charge is -2.43. The van der Waals surface area contributed by atoms with Crippen LogP contribution < -0.4 is 5.32 Å². The second-order valence-corrected chi connectivity index (χ2v) is 6.58. The zero-order valence-electron chi connectivity index (χ0n) is 10.6. The topological polar surface area (TPSA) is 12.0 Å². The highest BCUT2D eigenvalue weighted by molar-refractivity contribution is 7.99. The molecule has 0 aromatic heterocycles. The third kappa shape index (κ3) is 4.78. The van der Waals surface area contributed by atoms with E-state index in [0.717, 1.165) is 0 Å². The quantitative estimate of drug-likeness (QED) is 0.637. The van der Waals surface area contributed by atoms with Gasteiger partial charge in [0.15, 0.2) is 0 Å². The van der Waals surface area contributed by atoms with Gasteiger partial charge in [0.2, 0.25) is 0 Å². The standard InChI is InChI=1S/C13H27NS/c1-4-15-10-6-9-13(7-5-8-13)11-14-12(2)3/h12,14H,4-11H2,1-3H3. The molecule has 0 bridgehead atoms. The minimum Gasteiger partial charge on any atom is -0.314 e. The number of nitrogens with one attached hydrogen (secondary N) is 1. The predicted molar refractivity (Wildman–Crippen MR) is 71.7 cm³/mol. The van der Waals surface area contributed by atoms with Gasteiger partial charge >= 0.3 is 0 Å². The van der Waals surface area contributed by atoms with Crippen molar-refractivity contribution in [3.8, 4) is 0 Å². The zero-order chi connectivity index (χ0) is 11.1. The van der Waals surface area contributed by atoms with Crippen LogP contribution in [0.15, 0.2) is 0 Å². The Balaban J connectivity index is 2.15. The van der Waals surface area contributed by atoms with Crippen LogP contribution in [-0.4, -0.2) is 24.1 Å². The van der Waals surface area contributed by atoms with Crippen molar-refractivity contribution in [3.63, 3.8) is 0 Å². The SMILES string of the molecule is CCSCCCC1(CNC(C)C)CCC1. The first-order valence-corrected chi connectivity index (χ1v) is 7.65. The molecular formula is C13H27NS. The Kier molecular flexibility index (Phi) is 6.06. The molecule has 1 aliphatic rings. The van der Waals surface area contributed by atoms with E-state index in [0.29, 0.717) is 11.5 Å². The van der Waals surface area contributed by atoms with E-state index in [1.165, 1.54) is 50.2 Å². The van der Waals surface area contributed by atoms with Gasteiger partial charge in [0.1, 0.15) is 0 Å². The Morgan fingerprint density at radius 3 is 2.53 bits per heavy atom. The van der Waals surface area contributed by atoms with E-state index >= 15 is 0 Å². The summed E-state index contributed by atoms with van der Waals surface area (Å²) in [6.07, 6.45) is 7.24. The molecule has 90 valence electrons. The van der Waals surface area contributed by atoms with Crippen molar-refractivity contribution in [2.24, 2.45) is 5.41 Å². The van der Waals surface area contributed by atoms with E-state index in [1.807, 2.05) is 0 Å². The van der Waals surface area contributed by atoms with Crippen LogP contribution in [0.2, 0.25) is 0 Å². The number of hydrogen-bond acceptors (Lipinski definition) is 2. The maximum Gasteiger partial charge on any atom is 0.00106 e. The first-order chi connectivity index (χ1) is 7.18. The van der Waals surface area contributed by atoms with E-state index in [1.54, 1.807) is 0 Å². The molecule has 0 aromatic rings. The second-order valence-electron chi connectivity index (χ2n) is 5.19. The summed E-state index contributed by atoms with van der Waals surface area (Å²) in [4.78, 5) is 0. The first kappa shape index (κ1) is 13.4. The molecule has 15 heavy (non-hydrogen) atoms. The molecule has 1 N–H and O–H groups in total. The maximum absolute atomic E-state index is 3.62. The summed E-state index contributed by atoms with van der Waals surface area (Å²) in [5, 5.41) is 3.62. The van der Waals surface area contributed by atoms with Crippen LogP contribution in [0.5, 0.6) is 0 Å². The number of hydrogen-bond donors (Lipinski definition) is 1. The van der Waals surface area contributed by atoms with Crippen LogP contribution in [0.4, 0.5) is 0 Å². The Morgan fingerprint density at radius 2 is 2.07 bits per heavy atom. The summed E-state index contributed by atoms with van der Waals surface area (Å²) in [7, 11) is 0. The van der Waals surface area contributed by atoms with Crippen molar-refractivity contribution in [1.82, 2.24) is 5.32 Å². The molecule has 0 heterocycles. The summed E-state index contributed by atoms with van der Waals surface area (Å²) in [5.74, 6) is 2.64. The Labute approximate surface area is 99.8 Å². The third-order valence-corrected chi connectivity index (χ3v) is 4.49. The van der Waals surface area contributed by atoms with Crippen molar-refractivity contribution in [2.45, 2.75) is 58.9 Å². The number of rotatable bonds is 8. The molecule has 0 spiro atoms. The lowest BCUT2D eigenvalue weighted by atomic mass is 9.66. The summed E-state index contributed by atoms with van der Waals surface area (Å²) in [6.45, 7) is 8.00. The van der Waals surface area contributed by atoms with E-state index in [2.05, 4.69) is 37.8 Å². The lowest BCUT2D eigenvalue weighted by Crippen LogP contribution is -2.42. The monoisotopic (exact) mass is 229 g/mol. The third-order valence-electron chi connectivity index (χ3n) is 3.50. The minimum atomic E-state index is 0.646. The largest absolute Gasteiger partial charge is 0.314 e. The molecule has 2 heteroatoms. The molecule has 1 rings (SSSR count). The smallest absolute Gasteiger partial charge is 0.00106 e. The highest BCUT2D eigenvalue weighted by Gasteiger charge is 2.35. The summed E-state index contributed by atoms with van der Waals surface area (Å²) in [5.41, 5.74) is 0.679. The van der Waals surface area contributed by atoms with Gasteiger partial charge < -0.3 is 5.32 Å². The Hall–Kier alpha value is 0.310. The van der Waals surface area contributed by atoms with Gasteiger partial charge in [-0.25, -0.2) is 0 Å². The maximum atomic E-state index is 3.62. The van der Waals surface area contributed by atoms with Crippen LogP contribution in [0.25, 0.3) is 0 Å². The first-order valence-electron chi connectivity index (χ1n) is 6.50. The van der Waals surface area contributed by atoms with Crippen molar-refractivity contribution in [3.05, 3.63) is 0 Å². The van der Waals surface area contributed by atoms with Gasteiger partial charge in [-0.15, -0.1) is 0 Å². The lowest BCUT2D eigenvalue weighted by molar-refractivity contribution is 0.113. The average Bonchev–Trinajstić information content (AvgIpc) is 2.14. The van der Waals surface area contributed by atoms with Gasteiger partial charge in [0, 0.05) is 12.6 Å². The van der Waals surface area contributed by atoms with E-state index in [-0.39, 0.29) is 0 Å². The average molecular weight is 229 g/mol. The second kappa shape index (κ2) is 6.80. The van der Waals surface area contributed by atoms with Crippen LogP contribution in [0, 0.1) is 5.41 Å². The van der Waals surface area contributed by atoms with Crippen LogP contribution in [0.3, 0.4) is 0 Å². The molecular weight excluding hydrogens is 202 g/mol. The van der Waals surface area contributed by atoms with Gasteiger partial charge in [-0.3, -0.25) is 0 Å². The fourth-order valence-corrected chi connectivity index (χ4v) is 2.94. The fraction of sp³-hybridized carbons (Fsp3) is 1.00. The molecule has 0 saturated heterocycles. The molecule has 0 amide bonds. The van der Waals surface area contributed by atoms with Gasteiger partial charge in [0.05, 0.1) is 0 Å². The summed E-state index contributed by atoms with van der Waals surface area (Å²) < 4.78 is 0. The van der Waals surface area contributed by atoms with Gasteiger partial charge in [-0.1, -0.05) is 27.2 Å². The minimum absolute atomic E-state index is 0.646. The summed E-state index contributed by atoms with van der Waals surface area (Å²) >= 11 is 2.09. The van der Waals surface area contributed by atoms with E-state index < -0.39 is 0 Å². The fourth-order valence-electron chi connectivity index (χ4n) is 2.31. The van der Waals surface area contributed by atoms with Crippen molar-refractivity contribution in [1.29, 1.82) is 0 Å². The van der Waals surface area contributed by atoms with E-state index in [4.69, 9.17) is 0 Å². The molecule has 1 saturated carbocycles. The molecule has 1 fully saturated rings. The van der Waals surface area contributed by atoms with E-state index in [9.17, 15) is 0 Å². The molecule has 0 aliphatic heterocycles. The van der Waals surface area contributed by atoms with Gasteiger partial charge in [-0.2, -0.15) is 11.8 Å². The predicted octanol–water partition coefficient (Wildman–Crippen LogP) is 3.69. The molecule has 0 atom stereocenters. The molecule has 0 unspecified atom stereocenters. The zero-order valence-corrected chi connectivity index (χ0v) is 11.5. The number of thioether (sulfide) groups is 1. The van der Waals surface area contributed by atoms with Gasteiger partial charge in [0.25, 0.3) is 0 Å². The Morgan fingerprint density at radius 1 is 1.33 bits per heavy atom. The van der Waals surface area contributed by atoms with Crippen LogP contribution >= 0.6 is 11.8 Å². The molecule has 0 aromatic carbocycles. The van der Waals surface area contributed by atoms with Gasteiger partial charge in [-0.05, 0) is 42.6 Å². The van der Waals surface area contributed by atoms with Crippen LogP contribution in [-0.2, 0) is 0 Å². The highest BCUT2D eigenvalue weighted by Crippen LogP contribution is 2.44.